The minimum Gasteiger partial charge on any atom is -0.377 e. The number of thiazole rings is 1. The molecular weight excluding hydrogens is 328 g/mol. The lowest BCUT2D eigenvalue weighted by molar-refractivity contribution is 0.182. The first-order chi connectivity index (χ1) is 11.7. The molecule has 0 spiro atoms. The molecule has 8 nitrogen and oxygen atoms in total. The van der Waals surface area contributed by atoms with E-state index in [2.05, 4.69) is 20.5 Å². The molecule has 1 N–H and O–H groups in total. The van der Waals surface area contributed by atoms with Crippen molar-refractivity contribution in [3.8, 4) is 5.82 Å². The largest absolute Gasteiger partial charge is 0.377 e. The Kier molecular flexibility index (Phi) is 3.87. The van der Waals surface area contributed by atoms with Crippen molar-refractivity contribution in [2.24, 2.45) is 0 Å². The van der Waals surface area contributed by atoms with E-state index in [-0.39, 0.29) is 17.6 Å². The van der Waals surface area contributed by atoms with E-state index in [9.17, 15) is 4.79 Å². The van der Waals surface area contributed by atoms with Crippen LogP contribution in [-0.2, 0) is 4.74 Å². The Bertz CT molecular complexity index is 888. The lowest BCUT2D eigenvalue weighted by Gasteiger charge is -2.20. The highest BCUT2D eigenvalue weighted by molar-refractivity contribution is 7.13. The summed E-state index contributed by atoms with van der Waals surface area (Å²) in [6, 6.07) is 4.72. The summed E-state index contributed by atoms with van der Waals surface area (Å²) in [6.07, 6.45) is 3.46. The van der Waals surface area contributed by atoms with Gasteiger partial charge < -0.3 is 10.1 Å². The third-order valence-electron chi connectivity index (χ3n) is 3.84. The molecular formula is C15H16N6O2S. The average molecular weight is 344 g/mol. The molecule has 0 bridgehead atoms. The molecule has 0 radical (unpaired) electrons. The number of hydrogen-bond acceptors (Lipinski definition) is 7. The predicted octanol–water partition coefficient (Wildman–Crippen LogP) is 1.25. The first-order valence-corrected chi connectivity index (χ1v) is 8.45. The van der Waals surface area contributed by atoms with Crippen LogP contribution in [0, 0.1) is 6.92 Å². The molecule has 1 fully saturated rings. The number of aryl methyl sites for hydroxylation is 1. The van der Waals surface area contributed by atoms with E-state index in [0.29, 0.717) is 19.0 Å². The van der Waals surface area contributed by atoms with E-state index in [1.54, 1.807) is 23.1 Å². The van der Waals surface area contributed by atoms with Crippen LogP contribution in [0.2, 0.25) is 0 Å². The fraction of sp³-hybridized carbons (Fsp3) is 0.333. The van der Waals surface area contributed by atoms with Gasteiger partial charge in [0.15, 0.2) is 10.9 Å². The summed E-state index contributed by atoms with van der Waals surface area (Å²) in [5.74, 6) is 0.593. The molecule has 2 atom stereocenters. The highest BCUT2D eigenvalue weighted by atomic mass is 32.1. The number of hydrogen-bond donors (Lipinski definition) is 1. The van der Waals surface area contributed by atoms with Crippen LogP contribution in [0.4, 0.5) is 5.13 Å². The Morgan fingerprint density at radius 1 is 1.38 bits per heavy atom. The molecule has 2 unspecified atom stereocenters. The zero-order valence-corrected chi connectivity index (χ0v) is 13.8. The SMILES string of the molecule is Cc1csc(NC2COCC2n2nc(-n3cccn3)ccc2=O)n1. The minimum absolute atomic E-state index is 0.0615. The molecule has 124 valence electrons. The van der Waals surface area contributed by atoms with Gasteiger partial charge in [0.1, 0.15) is 6.04 Å². The maximum absolute atomic E-state index is 12.3. The molecule has 1 saturated heterocycles. The number of anilines is 1. The minimum atomic E-state index is -0.197. The summed E-state index contributed by atoms with van der Waals surface area (Å²) in [5, 5.41) is 14.8. The fourth-order valence-corrected chi connectivity index (χ4v) is 3.43. The highest BCUT2D eigenvalue weighted by Gasteiger charge is 2.32. The summed E-state index contributed by atoms with van der Waals surface area (Å²) in [4.78, 5) is 16.7. The molecule has 1 aliphatic rings. The second kappa shape index (κ2) is 6.17. The van der Waals surface area contributed by atoms with Crippen molar-refractivity contribution < 1.29 is 4.74 Å². The van der Waals surface area contributed by atoms with Crippen LogP contribution in [0.1, 0.15) is 11.7 Å². The van der Waals surface area contributed by atoms with E-state index in [1.165, 1.54) is 22.1 Å². The lowest BCUT2D eigenvalue weighted by Crippen LogP contribution is -2.37. The second-order valence-electron chi connectivity index (χ2n) is 5.57. The third kappa shape index (κ3) is 2.83. The topological polar surface area (TPSA) is 86.9 Å². The van der Waals surface area contributed by atoms with Crippen LogP contribution in [0.3, 0.4) is 0 Å². The molecule has 0 saturated carbocycles. The predicted molar refractivity (Wildman–Crippen MR) is 89.7 cm³/mol. The molecule has 3 aromatic rings. The quantitative estimate of drug-likeness (QED) is 0.766. The number of nitrogens with one attached hydrogen (secondary N) is 1. The highest BCUT2D eigenvalue weighted by Crippen LogP contribution is 2.24. The Hall–Kier alpha value is -2.52. The Morgan fingerprint density at radius 2 is 2.29 bits per heavy atom. The summed E-state index contributed by atoms with van der Waals surface area (Å²) >= 11 is 1.54. The Morgan fingerprint density at radius 3 is 3.04 bits per heavy atom. The Labute approximate surface area is 141 Å². The van der Waals surface area contributed by atoms with Gasteiger partial charge in [-0.15, -0.1) is 16.4 Å². The number of nitrogens with zero attached hydrogens (tertiary/aromatic N) is 5. The number of aromatic nitrogens is 5. The van der Waals surface area contributed by atoms with Crippen molar-refractivity contribution in [3.63, 3.8) is 0 Å². The molecule has 9 heteroatoms. The van der Waals surface area contributed by atoms with Gasteiger partial charge >= 0.3 is 0 Å². The summed E-state index contributed by atoms with van der Waals surface area (Å²) in [5.41, 5.74) is 0.803. The summed E-state index contributed by atoms with van der Waals surface area (Å²) in [6.45, 7) is 2.88. The second-order valence-corrected chi connectivity index (χ2v) is 6.43. The van der Waals surface area contributed by atoms with Gasteiger partial charge in [-0.2, -0.15) is 5.10 Å². The van der Waals surface area contributed by atoms with E-state index in [1.807, 2.05) is 18.4 Å². The van der Waals surface area contributed by atoms with Gasteiger partial charge in [0.25, 0.3) is 5.56 Å². The summed E-state index contributed by atoms with van der Waals surface area (Å²) in [7, 11) is 0. The zero-order chi connectivity index (χ0) is 16.5. The van der Waals surface area contributed by atoms with Gasteiger partial charge in [0.2, 0.25) is 0 Å². The van der Waals surface area contributed by atoms with E-state index < -0.39 is 0 Å². The first kappa shape index (κ1) is 15.0. The van der Waals surface area contributed by atoms with Crippen molar-refractivity contribution in [3.05, 3.63) is 52.0 Å². The molecule has 0 amide bonds. The van der Waals surface area contributed by atoms with Crippen molar-refractivity contribution >= 4 is 16.5 Å². The molecule has 4 heterocycles. The molecule has 0 aromatic carbocycles. The zero-order valence-electron chi connectivity index (χ0n) is 13.0. The van der Waals surface area contributed by atoms with Crippen LogP contribution in [0.15, 0.2) is 40.8 Å². The molecule has 1 aliphatic heterocycles. The molecule has 4 rings (SSSR count). The summed E-state index contributed by atoms with van der Waals surface area (Å²) < 4.78 is 8.68. The number of ether oxygens (including phenoxy) is 1. The maximum Gasteiger partial charge on any atom is 0.267 e. The number of rotatable bonds is 4. The van der Waals surface area contributed by atoms with Crippen molar-refractivity contribution in [2.45, 2.75) is 19.0 Å². The van der Waals surface area contributed by atoms with Crippen LogP contribution < -0.4 is 10.9 Å². The van der Waals surface area contributed by atoms with Gasteiger partial charge in [-0.05, 0) is 19.1 Å². The van der Waals surface area contributed by atoms with Crippen molar-refractivity contribution in [1.29, 1.82) is 0 Å². The average Bonchev–Trinajstić information content (AvgIpc) is 3.31. The first-order valence-electron chi connectivity index (χ1n) is 7.57. The third-order valence-corrected chi connectivity index (χ3v) is 4.73. The molecule has 3 aromatic heterocycles. The van der Waals surface area contributed by atoms with E-state index in [4.69, 9.17) is 4.74 Å². The normalized spacial score (nSPS) is 20.4. The van der Waals surface area contributed by atoms with E-state index >= 15 is 0 Å². The maximum atomic E-state index is 12.3. The van der Waals surface area contributed by atoms with Crippen LogP contribution >= 0.6 is 11.3 Å². The van der Waals surface area contributed by atoms with Gasteiger partial charge in [0, 0.05) is 23.8 Å². The van der Waals surface area contributed by atoms with Crippen LogP contribution in [0.25, 0.3) is 5.82 Å². The van der Waals surface area contributed by atoms with Crippen molar-refractivity contribution in [2.75, 3.05) is 18.5 Å². The van der Waals surface area contributed by atoms with Crippen LogP contribution in [0.5, 0.6) is 0 Å². The van der Waals surface area contributed by atoms with Crippen molar-refractivity contribution in [1.82, 2.24) is 24.5 Å². The Balaban J connectivity index is 1.64. The molecule has 0 aliphatic carbocycles. The van der Waals surface area contributed by atoms with Gasteiger partial charge in [-0.1, -0.05) is 0 Å². The fourth-order valence-electron chi connectivity index (χ4n) is 2.68. The van der Waals surface area contributed by atoms with Crippen LogP contribution in [-0.4, -0.2) is 43.8 Å². The lowest BCUT2D eigenvalue weighted by atomic mass is 10.2. The molecule has 24 heavy (non-hydrogen) atoms. The smallest absolute Gasteiger partial charge is 0.267 e. The van der Waals surface area contributed by atoms with Gasteiger partial charge in [0.05, 0.1) is 24.9 Å². The van der Waals surface area contributed by atoms with E-state index in [0.717, 1.165) is 10.8 Å². The monoisotopic (exact) mass is 344 g/mol. The van der Waals surface area contributed by atoms with Gasteiger partial charge in [-0.3, -0.25) is 4.79 Å². The standard InChI is InChI=1S/C15H16N6O2S/c1-10-9-24-15(17-10)18-11-7-23-8-12(11)21-14(22)4-3-13(19-21)20-6-2-5-16-20/h2-6,9,11-12H,7-8H2,1H3,(H,17,18). The van der Waals surface area contributed by atoms with Gasteiger partial charge in [-0.25, -0.2) is 14.3 Å².